The molecule has 242 valence electrons. The van der Waals surface area contributed by atoms with Crippen molar-refractivity contribution in [1.29, 1.82) is 0 Å². The standard InChI is InChI=1S/C47H33N3S/c1-3-9-32(10-4-1)46-26-42(27-47(50-46)33-11-5-2-6-12-33)35-15-16-38-30-51-31-43-21-34(17-18-44(43)45(38)25-35)39-22-40(36-13-7-19-48-28-36)24-41(23-39)37-14-8-20-49-29-37/h1-29H,30-31H2. The summed E-state index contributed by atoms with van der Waals surface area (Å²) in [6.07, 6.45) is 7.51. The van der Waals surface area contributed by atoms with Crippen molar-refractivity contribution in [2.75, 3.05) is 0 Å². The van der Waals surface area contributed by atoms with Gasteiger partial charge in [0.05, 0.1) is 11.4 Å². The molecule has 0 fully saturated rings. The zero-order valence-electron chi connectivity index (χ0n) is 27.9. The predicted molar refractivity (Wildman–Crippen MR) is 213 cm³/mol. The predicted octanol–water partition coefficient (Wildman–Crippen LogP) is 12.3. The highest BCUT2D eigenvalue weighted by molar-refractivity contribution is 7.97. The molecule has 0 saturated carbocycles. The Morgan fingerprint density at radius 2 is 0.863 bits per heavy atom. The summed E-state index contributed by atoms with van der Waals surface area (Å²) < 4.78 is 0. The number of aromatic nitrogens is 3. The molecular weight excluding hydrogens is 639 g/mol. The number of pyridine rings is 3. The van der Waals surface area contributed by atoms with Crippen molar-refractivity contribution in [3.63, 3.8) is 0 Å². The number of fused-ring (bicyclic) bond motifs is 3. The molecule has 4 heterocycles. The number of rotatable bonds is 6. The largest absolute Gasteiger partial charge is 0.264 e. The van der Waals surface area contributed by atoms with Gasteiger partial charge in [-0.15, -0.1) is 0 Å². The van der Waals surface area contributed by atoms with Crippen LogP contribution in [0.1, 0.15) is 11.1 Å². The summed E-state index contributed by atoms with van der Waals surface area (Å²) in [6.45, 7) is 0. The van der Waals surface area contributed by atoms with Crippen molar-refractivity contribution in [2.45, 2.75) is 11.5 Å². The Bertz CT molecular complexity index is 2370. The van der Waals surface area contributed by atoms with Crippen LogP contribution >= 0.6 is 11.8 Å². The molecule has 5 aromatic carbocycles. The highest BCUT2D eigenvalue weighted by Gasteiger charge is 2.18. The molecule has 51 heavy (non-hydrogen) atoms. The van der Waals surface area contributed by atoms with E-state index in [0.29, 0.717) is 0 Å². The highest BCUT2D eigenvalue weighted by Crippen LogP contribution is 2.42. The first-order chi connectivity index (χ1) is 25.2. The van der Waals surface area contributed by atoms with E-state index in [1.807, 2.05) is 48.7 Å². The fourth-order valence-electron chi connectivity index (χ4n) is 6.96. The molecule has 0 spiro atoms. The summed E-state index contributed by atoms with van der Waals surface area (Å²) in [7, 11) is 0. The van der Waals surface area contributed by atoms with Crippen molar-refractivity contribution in [1.82, 2.24) is 15.0 Å². The second-order valence-corrected chi connectivity index (χ2v) is 13.9. The van der Waals surface area contributed by atoms with Gasteiger partial charge in [0, 0.05) is 58.5 Å². The molecule has 0 radical (unpaired) electrons. The van der Waals surface area contributed by atoms with Crippen LogP contribution in [0.3, 0.4) is 0 Å². The lowest BCUT2D eigenvalue weighted by Crippen LogP contribution is -1.93. The Morgan fingerprint density at radius 1 is 0.353 bits per heavy atom. The van der Waals surface area contributed by atoms with Gasteiger partial charge in [0.2, 0.25) is 0 Å². The van der Waals surface area contributed by atoms with Gasteiger partial charge in [-0.1, -0.05) is 97.1 Å². The fourth-order valence-corrected chi connectivity index (χ4v) is 8.00. The maximum Gasteiger partial charge on any atom is 0.0715 e. The number of benzene rings is 5. The van der Waals surface area contributed by atoms with Gasteiger partial charge in [-0.25, -0.2) is 4.98 Å². The van der Waals surface area contributed by atoms with Crippen molar-refractivity contribution in [3.8, 4) is 78.1 Å². The molecule has 0 aliphatic carbocycles. The SMILES string of the molecule is c1ccc(-c2cc(-c3ccc4c(c3)-c3ccc(-c5cc(-c6cccnc6)cc(-c6cccnc6)c5)cc3CSC4)cc(-c3ccccc3)n2)cc1. The maximum atomic E-state index is 5.12. The fraction of sp³-hybridized carbons (Fsp3) is 0.0426. The van der Waals surface area contributed by atoms with E-state index < -0.39 is 0 Å². The lowest BCUT2D eigenvalue weighted by atomic mass is 9.89. The van der Waals surface area contributed by atoms with Crippen LogP contribution in [0.4, 0.5) is 0 Å². The van der Waals surface area contributed by atoms with Crippen LogP contribution in [-0.4, -0.2) is 15.0 Å². The summed E-state index contributed by atoms with van der Waals surface area (Å²) in [4.78, 5) is 13.9. The van der Waals surface area contributed by atoms with Crippen LogP contribution in [0.25, 0.3) is 78.1 Å². The molecule has 0 saturated heterocycles. The minimum absolute atomic E-state index is 0.955. The normalized spacial score (nSPS) is 12.1. The lowest BCUT2D eigenvalue weighted by Gasteiger charge is -2.15. The van der Waals surface area contributed by atoms with Crippen LogP contribution in [0.5, 0.6) is 0 Å². The third-order valence-electron chi connectivity index (χ3n) is 9.57. The molecule has 3 aromatic heterocycles. The zero-order chi connectivity index (χ0) is 34.0. The minimum atomic E-state index is 0.955. The van der Waals surface area contributed by atoms with Crippen LogP contribution in [0.2, 0.25) is 0 Å². The summed E-state index contributed by atoms with van der Waals surface area (Å²) in [6, 6.07) is 54.4. The monoisotopic (exact) mass is 671 g/mol. The van der Waals surface area contributed by atoms with E-state index in [2.05, 4.69) is 149 Å². The summed E-state index contributed by atoms with van der Waals surface area (Å²) >= 11 is 1.98. The molecule has 3 nitrogen and oxygen atoms in total. The highest BCUT2D eigenvalue weighted by atomic mass is 32.2. The van der Waals surface area contributed by atoms with E-state index in [-0.39, 0.29) is 0 Å². The molecule has 0 atom stereocenters. The van der Waals surface area contributed by atoms with Gasteiger partial charge in [0.15, 0.2) is 0 Å². The van der Waals surface area contributed by atoms with Gasteiger partial charge in [-0.05, 0) is 110 Å². The quantitative estimate of drug-likeness (QED) is 0.176. The van der Waals surface area contributed by atoms with Crippen LogP contribution in [0.15, 0.2) is 176 Å². The third kappa shape index (κ3) is 6.38. The smallest absolute Gasteiger partial charge is 0.0715 e. The molecule has 4 heteroatoms. The second kappa shape index (κ2) is 13.7. The van der Waals surface area contributed by atoms with Crippen LogP contribution in [0, 0.1) is 0 Å². The van der Waals surface area contributed by atoms with Gasteiger partial charge < -0.3 is 0 Å². The molecule has 9 rings (SSSR count). The Morgan fingerprint density at radius 3 is 1.45 bits per heavy atom. The number of nitrogens with zero attached hydrogens (tertiary/aromatic N) is 3. The van der Waals surface area contributed by atoms with E-state index >= 15 is 0 Å². The van der Waals surface area contributed by atoms with Crippen molar-refractivity contribution in [3.05, 3.63) is 188 Å². The van der Waals surface area contributed by atoms with Gasteiger partial charge >= 0.3 is 0 Å². The van der Waals surface area contributed by atoms with Crippen LogP contribution < -0.4 is 0 Å². The second-order valence-electron chi connectivity index (χ2n) is 12.9. The van der Waals surface area contributed by atoms with Gasteiger partial charge in [0.25, 0.3) is 0 Å². The van der Waals surface area contributed by atoms with Crippen LogP contribution in [-0.2, 0) is 11.5 Å². The van der Waals surface area contributed by atoms with Gasteiger partial charge in [-0.2, -0.15) is 11.8 Å². The molecule has 0 unspecified atom stereocenters. The molecule has 0 N–H and O–H groups in total. The first kappa shape index (κ1) is 30.9. The van der Waals surface area contributed by atoms with Gasteiger partial charge in [0.1, 0.15) is 0 Å². The number of thioether (sulfide) groups is 1. The summed E-state index contributed by atoms with van der Waals surface area (Å²) in [5.41, 5.74) is 18.7. The molecule has 0 amide bonds. The Labute approximate surface area is 302 Å². The molecule has 0 bridgehead atoms. The molecular formula is C47H33N3S. The molecule has 8 aromatic rings. The Balaban J connectivity index is 1.14. The van der Waals surface area contributed by atoms with E-state index in [1.165, 1.54) is 38.9 Å². The average Bonchev–Trinajstić information content (AvgIpc) is 3.40. The van der Waals surface area contributed by atoms with E-state index in [4.69, 9.17) is 4.98 Å². The first-order valence-corrected chi connectivity index (χ1v) is 18.3. The third-order valence-corrected chi connectivity index (χ3v) is 10.6. The average molecular weight is 672 g/mol. The zero-order valence-corrected chi connectivity index (χ0v) is 28.7. The lowest BCUT2D eigenvalue weighted by molar-refractivity contribution is 1.32. The summed E-state index contributed by atoms with van der Waals surface area (Å²) in [5.74, 6) is 1.93. The van der Waals surface area contributed by atoms with Crippen molar-refractivity contribution >= 4 is 11.8 Å². The van der Waals surface area contributed by atoms with E-state index in [0.717, 1.165) is 61.8 Å². The maximum absolute atomic E-state index is 5.12. The molecule has 1 aliphatic heterocycles. The van der Waals surface area contributed by atoms with E-state index in [9.17, 15) is 0 Å². The molecule has 1 aliphatic rings. The van der Waals surface area contributed by atoms with Crippen molar-refractivity contribution < 1.29 is 0 Å². The topological polar surface area (TPSA) is 38.7 Å². The Kier molecular flexibility index (Phi) is 8.28. The Hall–Kier alpha value is -6.10. The first-order valence-electron chi connectivity index (χ1n) is 17.2. The van der Waals surface area contributed by atoms with Gasteiger partial charge in [-0.3, -0.25) is 9.97 Å². The van der Waals surface area contributed by atoms with E-state index in [1.54, 1.807) is 0 Å². The summed E-state index contributed by atoms with van der Waals surface area (Å²) in [5, 5.41) is 0. The number of hydrogen-bond donors (Lipinski definition) is 0. The van der Waals surface area contributed by atoms with Crippen molar-refractivity contribution in [2.24, 2.45) is 0 Å². The minimum Gasteiger partial charge on any atom is -0.264 e. The number of hydrogen-bond acceptors (Lipinski definition) is 4.